The summed E-state index contributed by atoms with van der Waals surface area (Å²) in [7, 11) is 0. The van der Waals surface area contributed by atoms with Crippen molar-refractivity contribution in [1.82, 2.24) is 30.5 Å². The van der Waals surface area contributed by atoms with Crippen molar-refractivity contribution in [1.29, 1.82) is 0 Å². The number of amides is 1. The number of hydrogen-bond acceptors (Lipinski definition) is 5. The van der Waals surface area contributed by atoms with Crippen LogP contribution in [0.3, 0.4) is 0 Å². The molecule has 1 aliphatic rings. The summed E-state index contributed by atoms with van der Waals surface area (Å²) in [6.45, 7) is 4.49. The standard InChI is InChI=1S/C20H22N6O/c1-13-9-10-21-18(11-13)19(16-7-8-16)22-20(27)17-5-3-15(4-6-17)12-26-14(2)23-24-25-26/h3-6,9-11,16,19H,7-8,12H2,1-2H3,(H,22,27)/t19-/m1/s1. The molecule has 0 bridgehead atoms. The normalized spacial score (nSPS) is 14.7. The molecule has 4 rings (SSSR count). The van der Waals surface area contributed by atoms with Gasteiger partial charge in [0.1, 0.15) is 5.82 Å². The van der Waals surface area contributed by atoms with Gasteiger partial charge in [0.05, 0.1) is 18.3 Å². The van der Waals surface area contributed by atoms with Crippen LogP contribution in [0.25, 0.3) is 0 Å². The van der Waals surface area contributed by atoms with Crippen molar-refractivity contribution >= 4 is 5.91 Å². The highest BCUT2D eigenvalue weighted by molar-refractivity contribution is 5.94. The van der Waals surface area contributed by atoms with Crippen molar-refractivity contribution < 1.29 is 4.79 Å². The molecule has 0 unspecified atom stereocenters. The fourth-order valence-electron chi connectivity index (χ4n) is 3.15. The molecule has 1 fully saturated rings. The van der Waals surface area contributed by atoms with Gasteiger partial charge in [0.2, 0.25) is 0 Å². The van der Waals surface area contributed by atoms with E-state index in [1.807, 2.05) is 50.4 Å². The van der Waals surface area contributed by atoms with Crippen LogP contribution in [0.5, 0.6) is 0 Å². The summed E-state index contributed by atoms with van der Waals surface area (Å²) in [4.78, 5) is 17.2. The van der Waals surface area contributed by atoms with Crippen LogP contribution in [0.4, 0.5) is 0 Å². The molecular formula is C20H22N6O. The first-order valence-corrected chi connectivity index (χ1v) is 9.15. The summed E-state index contributed by atoms with van der Waals surface area (Å²) < 4.78 is 1.72. The maximum Gasteiger partial charge on any atom is 0.251 e. The third-order valence-corrected chi connectivity index (χ3v) is 4.89. The third kappa shape index (κ3) is 4.02. The van der Waals surface area contributed by atoms with E-state index in [0.717, 1.165) is 35.5 Å². The minimum absolute atomic E-state index is 0.0269. The number of carbonyl (C=O) groups excluding carboxylic acids is 1. The average molecular weight is 362 g/mol. The fraction of sp³-hybridized carbons (Fsp3) is 0.350. The van der Waals surface area contributed by atoms with Crippen molar-refractivity contribution in [2.45, 2.75) is 39.3 Å². The van der Waals surface area contributed by atoms with Crippen LogP contribution in [0.15, 0.2) is 42.6 Å². The van der Waals surface area contributed by atoms with Gasteiger partial charge in [0, 0.05) is 11.8 Å². The summed E-state index contributed by atoms with van der Waals surface area (Å²) in [5, 5.41) is 14.6. The van der Waals surface area contributed by atoms with Crippen molar-refractivity contribution in [3.63, 3.8) is 0 Å². The van der Waals surface area contributed by atoms with E-state index >= 15 is 0 Å². The van der Waals surface area contributed by atoms with Gasteiger partial charge < -0.3 is 5.32 Å². The van der Waals surface area contributed by atoms with Gasteiger partial charge in [-0.05, 0) is 78.4 Å². The maximum atomic E-state index is 12.8. The van der Waals surface area contributed by atoms with E-state index in [1.165, 1.54) is 0 Å². The molecule has 2 aromatic heterocycles. The smallest absolute Gasteiger partial charge is 0.251 e. The summed E-state index contributed by atoms with van der Waals surface area (Å²) in [6.07, 6.45) is 4.07. The highest BCUT2D eigenvalue weighted by Gasteiger charge is 2.34. The van der Waals surface area contributed by atoms with Gasteiger partial charge in [-0.1, -0.05) is 12.1 Å². The zero-order chi connectivity index (χ0) is 18.8. The predicted molar refractivity (Wildman–Crippen MR) is 100 cm³/mol. The van der Waals surface area contributed by atoms with Crippen LogP contribution >= 0.6 is 0 Å². The fourth-order valence-corrected chi connectivity index (χ4v) is 3.15. The van der Waals surface area contributed by atoms with Gasteiger partial charge in [-0.15, -0.1) is 5.10 Å². The Labute approximate surface area is 157 Å². The quantitative estimate of drug-likeness (QED) is 0.728. The zero-order valence-electron chi connectivity index (χ0n) is 15.5. The number of rotatable bonds is 6. The number of aryl methyl sites for hydroxylation is 2. The summed E-state index contributed by atoms with van der Waals surface area (Å²) in [6, 6.07) is 11.6. The molecule has 3 aromatic rings. The van der Waals surface area contributed by atoms with Crippen LogP contribution in [0, 0.1) is 19.8 Å². The molecule has 138 valence electrons. The topological polar surface area (TPSA) is 85.6 Å². The number of benzene rings is 1. The minimum Gasteiger partial charge on any atom is -0.343 e. The molecule has 1 N–H and O–H groups in total. The molecule has 1 amide bonds. The first kappa shape index (κ1) is 17.3. The van der Waals surface area contributed by atoms with E-state index in [4.69, 9.17) is 0 Å². The predicted octanol–water partition coefficient (Wildman–Crippen LogP) is 2.61. The number of nitrogens with zero attached hydrogens (tertiary/aromatic N) is 5. The zero-order valence-corrected chi connectivity index (χ0v) is 15.5. The maximum absolute atomic E-state index is 12.8. The van der Waals surface area contributed by atoms with E-state index in [9.17, 15) is 4.79 Å². The first-order chi connectivity index (χ1) is 13.1. The molecule has 2 heterocycles. The van der Waals surface area contributed by atoms with Crippen LogP contribution in [-0.2, 0) is 6.54 Å². The number of aromatic nitrogens is 5. The SMILES string of the molecule is Cc1ccnc([C@H](NC(=O)c2ccc(Cn3nnnc3C)cc2)C2CC2)c1. The summed E-state index contributed by atoms with van der Waals surface area (Å²) >= 11 is 0. The molecule has 7 nitrogen and oxygen atoms in total. The Morgan fingerprint density at radius 3 is 2.63 bits per heavy atom. The molecule has 1 saturated carbocycles. The third-order valence-electron chi connectivity index (χ3n) is 4.89. The average Bonchev–Trinajstić information content (AvgIpc) is 3.43. The Morgan fingerprint density at radius 1 is 1.22 bits per heavy atom. The molecule has 1 atom stereocenters. The van der Waals surface area contributed by atoms with Gasteiger partial charge in [0.25, 0.3) is 5.91 Å². The Kier molecular flexibility index (Phi) is 4.66. The van der Waals surface area contributed by atoms with Gasteiger partial charge in [-0.25, -0.2) is 4.68 Å². The second-order valence-corrected chi connectivity index (χ2v) is 7.13. The lowest BCUT2D eigenvalue weighted by molar-refractivity contribution is 0.0930. The molecule has 27 heavy (non-hydrogen) atoms. The van der Waals surface area contributed by atoms with E-state index in [2.05, 4.69) is 31.9 Å². The second kappa shape index (κ2) is 7.26. The van der Waals surface area contributed by atoms with Crippen molar-refractivity contribution in [3.05, 3.63) is 70.8 Å². The number of hydrogen-bond donors (Lipinski definition) is 1. The van der Waals surface area contributed by atoms with E-state index in [1.54, 1.807) is 4.68 Å². The highest BCUT2D eigenvalue weighted by atomic mass is 16.1. The lowest BCUT2D eigenvalue weighted by Gasteiger charge is -2.18. The molecule has 7 heteroatoms. The van der Waals surface area contributed by atoms with E-state index in [-0.39, 0.29) is 11.9 Å². The molecule has 0 spiro atoms. The van der Waals surface area contributed by atoms with Crippen molar-refractivity contribution in [3.8, 4) is 0 Å². The summed E-state index contributed by atoms with van der Waals surface area (Å²) in [5.41, 5.74) is 3.78. The second-order valence-electron chi connectivity index (χ2n) is 7.13. The highest BCUT2D eigenvalue weighted by Crippen LogP contribution is 2.40. The largest absolute Gasteiger partial charge is 0.343 e. The Hall–Kier alpha value is -3.09. The molecule has 0 radical (unpaired) electrons. The minimum atomic E-state index is -0.0691. The molecule has 0 aliphatic heterocycles. The van der Waals surface area contributed by atoms with Crippen molar-refractivity contribution in [2.24, 2.45) is 5.92 Å². The van der Waals surface area contributed by atoms with Crippen LogP contribution in [-0.4, -0.2) is 31.1 Å². The Balaban J connectivity index is 1.46. The first-order valence-electron chi connectivity index (χ1n) is 9.15. The van der Waals surface area contributed by atoms with Crippen LogP contribution < -0.4 is 5.32 Å². The van der Waals surface area contributed by atoms with Gasteiger partial charge in [-0.3, -0.25) is 9.78 Å². The number of pyridine rings is 1. The summed E-state index contributed by atoms with van der Waals surface area (Å²) in [5.74, 6) is 1.17. The Morgan fingerprint density at radius 2 is 2.00 bits per heavy atom. The Bertz CT molecular complexity index is 945. The number of tetrazole rings is 1. The van der Waals surface area contributed by atoms with Crippen LogP contribution in [0.1, 0.15) is 51.9 Å². The number of nitrogens with one attached hydrogen (secondary N) is 1. The van der Waals surface area contributed by atoms with E-state index in [0.29, 0.717) is 18.0 Å². The lowest BCUT2D eigenvalue weighted by atomic mass is 10.1. The molecule has 0 saturated heterocycles. The monoisotopic (exact) mass is 362 g/mol. The number of carbonyl (C=O) groups is 1. The molecule has 1 aromatic carbocycles. The van der Waals surface area contributed by atoms with Crippen LogP contribution in [0.2, 0.25) is 0 Å². The van der Waals surface area contributed by atoms with E-state index < -0.39 is 0 Å². The molecular weight excluding hydrogens is 340 g/mol. The van der Waals surface area contributed by atoms with Crippen molar-refractivity contribution in [2.75, 3.05) is 0 Å². The van der Waals surface area contributed by atoms with Gasteiger partial charge >= 0.3 is 0 Å². The molecule has 1 aliphatic carbocycles. The lowest BCUT2D eigenvalue weighted by Crippen LogP contribution is -2.30. The van der Waals surface area contributed by atoms with Gasteiger partial charge in [0.15, 0.2) is 0 Å². The van der Waals surface area contributed by atoms with Gasteiger partial charge in [-0.2, -0.15) is 0 Å².